The van der Waals surface area contributed by atoms with Crippen LogP contribution in [0.5, 0.6) is 0 Å². The molecule has 4 heteroatoms. The van der Waals surface area contributed by atoms with Gasteiger partial charge in [-0.15, -0.1) is 0 Å². The molecule has 0 saturated carbocycles. The third-order valence-corrected chi connectivity index (χ3v) is 5.57. The van der Waals surface area contributed by atoms with Crippen LogP contribution in [0.4, 0.5) is 5.69 Å². The zero-order valence-corrected chi connectivity index (χ0v) is 15.5. The number of fused-ring (bicyclic) bond motifs is 1. The third kappa shape index (κ3) is 2.53. The molecule has 0 unspecified atom stereocenters. The number of cyclic esters (lactones) is 1. The molecule has 28 heavy (non-hydrogen) atoms. The van der Waals surface area contributed by atoms with Gasteiger partial charge in [-0.1, -0.05) is 66.7 Å². The van der Waals surface area contributed by atoms with Gasteiger partial charge in [0, 0.05) is 35.5 Å². The Labute approximate surface area is 164 Å². The molecule has 3 aromatic rings. The number of morpholine rings is 1. The van der Waals surface area contributed by atoms with Crippen molar-refractivity contribution in [1.82, 2.24) is 0 Å². The second-order valence-electron chi connectivity index (χ2n) is 7.10. The summed E-state index contributed by atoms with van der Waals surface area (Å²) >= 11 is 0. The molecule has 0 amide bonds. The van der Waals surface area contributed by atoms with Crippen LogP contribution in [0.15, 0.2) is 78.9 Å². The van der Waals surface area contributed by atoms with Crippen LogP contribution in [-0.4, -0.2) is 32.3 Å². The number of carbonyl (C=O) groups excluding carboxylic acids is 1. The van der Waals surface area contributed by atoms with Crippen molar-refractivity contribution >= 4 is 11.7 Å². The smallest absolute Gasteiger partial charge is 0.340 e. The summed E-state index contributed by atoms with van der Waals surface area (Å²) in [5.41, 5.74) is 3.56. The Morgan fingerprint density at radius 3 is 1.96 bits per heavy atom. The van der Waals surface area contributed by atoms with Gasteiger partial charge in [0.2, 0.25) is 0 Å². The molecule has 0 N–H and O–H groups in total. The summed E-state index contributed by atoms with van der Waals surface area (Å²) in [5, 5.41) is 0. The predicted molar refractivity (Wildman–Crippen MR) is 108 cm³/mol. The number of anilines is 1. The maximum absolute atomic E-state index is 13.0. The molecule has 2 aliphatic heterocycles. The summed E-state index contributed by atoms with van der Waals surface area (Å²) in [7, 11) is 0. The first-order valence-corrected chi connectivity index (χ1v) is 9.61. The summed E-state index contributed by atoms with van der Waals surface area (Å²) in [6.45, 7) is 2.96. The summed E-state index contributed by atoms with van der Waals surface area (Å²) in [4.78, 5) is 15.3. The van der Waals surface area contributed by atoms with Gasteiger partial charge in [-0.05, 0) is 12.1 Å². The molecule has 0 aliphatic carbocycles. The van der Waals surface area contributed by atoms with E-state index in [9.17, 15) is 4.79 Å². The molecule has 0 radical (unpaired) electrons. The molecule has 1 fully saturated rings. The van der Waals surface area contributed by atoms with Crippen LogP contribution in [0.2, 0.25) is 0 Å². The molecule has 5 rings (SSSR count). The quantitative estimate of drug-likeness (QED) is 0.653. The fraction of sp³-hybridized carbons (Fsp3) is 0.208. The molecule has 2 aliphatic rings. The number of esters is 1. The molecule has 1 saturated heterocycles. The Bertz CT molecular complexity index is 955. The van der Waals surface area contributed by atoms with Crippen molar-refractivity contribution in [3.8, 4) is 0 Å². The second-order valence-corrected chi connectivity index (χ2v) is 7.10. The van der Waals surface area contributed by atoms with E-state index < -0.39 is 5.60 Å². The lowest BCUT2D eigenvalue weighted by Gasteiger charge is -2.36. The van der Waals surface area contributed by atoms with E-state index >= 15 is 0 Å². The van der Waals surface area contributed by atoms with Crippen molar-refractivity contribution in [3.05, 3.63) is 101 Å². The van der Waals surface area contributed by atoms with Crippen molar-refractivity contribution in [1.29, 1.82) is 0 Å². The Morgan fingerprint density at radius 2 is 1.36 bits per heavy atom. The molecule has 4 nitrogen and oxygen atoms in total. The van der Waals surface area contributed by atoms with E-state index in [1.165, 1.54) is 0 Å². The van der Waals surface area contributed by atoms with Gasteiger partial charge in [0.1, 0.15) is 0 Å². The molecule has 3 aromatic carbocycles. The molecular formula is C24H21NO3. The molecule has 0 bridgehead atoms. The first-order chi connectivity index (χ1) is 13.8. The highest BCUT2D eigenvalue weighted by Gasteiger charge is 2.50. The summed E-state index contributed by atoms with van der Waals surface area (Å²) in [6, 6.07) is 26.0. The standard InChI is InChI=1S/C24H21NO3/c26-23-20-12-7-13-21(25-14-16-27-17-15-25)22(20)24(28-23,18-8-3-1-4-9-18)19-10-5-2-6-11-19/h1-13H,14-17H2. The van der Waals surface area contributed by atoms with E-state index in [4.69, 9.17) is 9.47 Å². The van der Waals surface area contributed by atoms with E-state index in [0.717, 1.165) is 35.5 Å². The average molecular weight is 371 g/mol. The van der Waals surface area contributed by atoms with Gasteiger partial charge in [0.15, 0.2) is 5.60 Å². The lowest BCUT2D eigenvalue weighted by Crippen LogP contribution is -2.39. The molecule has 0 atom stereocenters. The van der Waals surface area contributed by atoms with Crippen LogP contribution in [-0.2, 0) is 15.1 Å². The SMILES string of the molecule is O=C1OC(c2ccccc2)(c2ccccc2)c2c1cccc2N1CCOCC1. The van der Waals surface area contributed by atoms with Crippen LogP contribution in [0.25, 0.3) is 0 Å². The van der Waals surface area contributed by atoms with Crippen molar-refractivity contribution in [2.24, 2.45) is 0 Å². The first kappa shape index (κ1) is 17.0. The second kappa shape index (κ2) is 6.80. The molecule has 2 heterocycles. The molecule has 140 valence electrons. The lowest BCUT2D eigenvalue weighted by molar-refractivity contribution is 0.0251. The highest BCUT2D eigenvalue weighted by molar-refractivity contribution is 5.98. The zero-order valence-electron chi connectivity index (χ0n) is 15.5. The number of nitrogens with zero attached hydrogens (tertiary/aromatic N) is 1. The summed E-state index contributed by atoms with van der Waals surface area (Å²) in [6.07, 6.45) is 0. The normalized spacial score (nSPS) is 17.9. The number of ether oxygens (including phenoxy) is 2. The maximum atomic E-state index is 13.0. The van der Waals surface area contributed by atoms with Crippen molar-refractivity contribution in [2.45, 2.75) is 5.60 Å². The third-order valence-electron chi connectivity index (χ3n) is 5.57. The minimum Gasteiger partial charge on any atom is -0.440 e. The van der Waals surface area contributed by atoms with E-state index in [2.05, 4.69) is 11.0 Å². The minimum atomic E-state index is -0.955. The topological polar surface area (TPSA) is 38.8 Å². The Morgan fingerprint density at radius 1 is 0.750 bits per heavy atom. The van der Waals surface area contributed by atoms with Gasteiger partial charge in [-0.2, -0.15) is 0 Å². The van der Waals surface area contributed by atoms with E-state index in [0.29, 0.717) is 18.8 Å². The number of hydrogen-bond donors (Lipinski definition) is 0. The Balaban J connectivity index is 1.81. The number of carbonyl (C=O) groups is 1. The van der Waals surface area contributed by atoms with Crippen LogP contribution in [0.1, 0.15) is 27.0 Å². The molecule has 0 spiro atoms. The van der Waals surface area contributed by atoms with Gasteiger partial charge in [0.25, 0.3) is 0 Å². The largest absolute Gasteiger partial charge is 0.440 e. The summed E-state index contributed by atoms with van der Waals surface area (Å²) in [5.74, 6) is -0.280. The van der Waals surface area contributed by atoms with Crippen LogP contribution < -0.4 is 4.90 Å². The fourth-order valence-corrected chi connectivity index (χ4v) is 4.31. The minimum absolute atomic E-state index is 0.280. The molecule has 0 aromatic heterocycles. The highest BCUT2D eigenvalue weighted by atomic mass is 16.6. The Hall–Kier alpha value is -3.11. The van der Waals surface area contributed by atoms with Crippen molar-refractivity contribution in [3.63, 3.8) is 0 Å². The predicted octanol–water partition coefficient (Wildman–Crippen LogP) is 3.99. The maximum Gasteiger partial charge on any atom is 0.340 e. The van der Waals surface area contributed by atoms with E-state index in [-0.39, 0.29) is 5.97 Å². The number of hydrogen-bond acceptors (Lipinski definition) is 4. The number of rotatable bonds is 3. The molecular weight excluding hydrogens is 350 g/mol. The monoisotopic (exact) mass is 371 g/mol. The van der Waals surface area contributed by atoms with Gasteiger partial charge in [-0.25, -0.2) is 4.79 Å². The van der Waals surface area contributed by atoms with Crippen LogP contribution in [0, 0.1) is 0 Å². The van der Waals surface area contributed by atoms with Gasteiger partial charge in [-0.3, -0.25) is 0 Å². The van der Waals surface area contributed by atoms with Gasteiger partial charge < -0.3 is 14.4 Å². The zero-order chi connectivity index (χ0) is 19.0. The van der Waals surface area contributed by atoms with E-state index in [1.54, 1.807) is 0 Å². The Kier molecular flexibility index (Phi) is 4.14. The summed E-state index contributed by atoms with van der Waals surface area (Å²) < 4.78 is 11.8. The van der Waals surface area contributed by atoms with E-state index in [1.807, 2.05) is 72.8 Å². The fourth-order valence-electron chi connectivity index (χ4n) is 4.31. The number of benzene rings is 3. The highest BCUT2D eigenvalue weighted by Crippen LogP contribution is 2.50. The van der Waals surface area contributed by atoms with Gasteiger partial charge >= 0.3 is 5.97 Å². The van der Waals surface area contributed by atoms with Crippen molar-refractivity contribution < 1.29 is 14.3 Å². The first-order valence-electron chi connectivity index (χ1n) is 9.61. The van der Waals surface area contributed by atoms with Gasteiger partial charge in [0.05, 0.1) is 18.8 Å². The lowest BCUT2D eigenvalue weighted by atomic mass is 9.79. The van der Waals surface area contributed by atoms with Crippen LogP contribution >= 0.6 is 0 Å². The van der Waals surface area contributed by atoms with Crippen molar-refractivity contribution in [2.75, 3.05) is 31.2 Å². The average Bonchev–Trinajstić information content (AvgIpc) is 3.09. The van der Waals surface area contributed by atoms with Crippen LogP contribution in [0.3, 0.4) is 0 Å².